The molecule has 0 spiro atoms. The van der Waals surface area contributed by atoms with Crippen molar-refractivity contribution in [2.24, 2.45) is 0 Å². The number of aromatic nitrogens is 2. The van der Waals surface area contributed by atoms with Gasteiger partial charge in [-0.25, -0.2) is 0 Å². The first-order valence-electron chi connectivity index (χ1n) is 21.8. The molecule has 63 heavy (non-hydrogen) atoms. The standard InChI is InChI=1S/C60H42N2Si/c1-5-22-43(23-6-1)48-34-21-35-53(52-33-16-20-39-59(52)63(45-24-7-2-8-25-45,46-26-9-3-10-27-46)47-28-11-4-12-29-47)60(48)62-57-38-19-15-32-51(57)54-42-44(40-41-58(54)62)61-55-36-17-13-30-49(55)50-31-14-18-37-56(50)61/h1-42H. The summed E-state index contributed by atoms with van der Waals surface area (Å²) in [5.41, 5.74) is 11.9. The molecule has 0 unspecified atom stereocenters. The van der Waals surface area contributed by atoms with Crippen LogP contribution in [0, 0.1) is 0 Å². The molecule has 0 radical (unpaired) electrons. The van der Waals surface area contributed by atoms with Crippen LogP contribution in [0.4, 0.5) is 0 Å². The van der Waals surface area contributed by atoms with Gasteiger partial charge in [0.05, 0.1) is 27.8 Å². The Labute approximate surface area is 368 Å². The first-order chi connectivity index (χ1) is 31.3. The maximum atomic E-state index is 2.55. The summed E-state index contributed by atoms with van der Waals surface area (Å²) >= 11 is 0. The van der Waals surface area contributed by atoms with Crippen LogP contribution in [0.3, 0.4) is 0 Å². The zero-order chi connectivity index (χ0) is 41.7. The molecule has 12 rings (SSSR count). The molecule has 10 aromatic carbocycles. The van der Waals surface area contributed by atoms with Crippen LogP contribution in [0.5, 0.6) is 0 Å². The maximum Gasteiger partial charge on any atom is 0.180 e. The zero-order valence-electron chi connectivity index (χ0n) is 34.6. The first-order valence-corrected chi connectivity index (χ1v) is 23.8. The van der Waals surface area contributed by atoms with Gasteiger partial charge in [0.15, 0.2) is 8.07 Å². The second-order valence-electron chi connectivity index (χ2n) is 16.4. The van der Waals surface area contributed by atoms with Crippen LogP contribution < -0.4 is 20.7 Å². The van der Waals surface area contributed by atoms with Crippen molar-refractivity contribution in [3.63, 3.8) is 0 Å². The van der Waals surface area contributed by atoms with Gasteiger partial charge in [-0.2, -0.15) is 0 Å². The van der Waals surface area contributed by atoms with E-state index in [4.69, 9.17) is 0 Å². The van der Waals surface area contributed by atoms with Gasteiger partial charge in [-0.3, -0.25) is 0 Å². The fraction of sp³-hybridized carbons (Fsp3) is 0. The highest BCUT2D eigenvalue weighted by atomic mass is 28.3. The molecule has 0 N–H and O–H groups in total. The Morgan fingerprint density at radius 3 is 1.25 bits per heavy atom. The first kappa shape index (κ1) is 36.8. The van der Waals surface area contributed by atoms with Gasteiger partial charge in [-0.15, -0.1) is 0 Å². The Morgan fingerprint density at radius 1 is 0.270 bits per heavy atom. The molecule has 0 aliphatic carbocycles. The van der Waals surface area contributed by atoms with Crippen molar-refractivity contribution in [1.82, 2.24) is 9.13 Å². The van der Waals surface area contributed by atoms with Crippen LogP contribution in [0.15, 0.2) is 255 Å². The topological polar surface area (TPSA) is 9.86 Å². The lowest BCUT2D eigenvalue weighted by Gasteiger charge is -2.36. The normalized spacial score (nSPS) is 11.8. The summed E-state index contributed by atoms with van der Waals surface area (Å²) in [5.74, 6) is 0. The molecule has 0 fully saturated rings. The van der Waals surface area contributed by atoms with Crippen molar-refractivity contribution in [3.8, 4) is 33.6 Å². The summed E-state index contributed by atoms with van der Waals surface area (Å²) in [6.45, 7) is 0. The van der Waals surface area contributed by atoms with Crippen molar-refractivity contribution in [2.45, 2.75) is 0 Å². The third-order valence-electron chi connectivity index (χ3n) is 13.1. The van der Waals surface area contributed by atoms with E-state index in [1.807, 2.05) is 0 Å². The number of fused-ring (bicyclic) bond motifs is 6. The highest BCUT2D eigenvalue weighted by Crippen LogP contribution is 2.42. The van der Waals surface area contributed by atoms with Gasteiger partial charge in [-0.05, 0) is 68.3 Å². The molecule has 2 nitrogen and oxygen atoms in total. The molecule has 3 heteroatoms. The van der Waals surface area contributed by atoms with E-state index in [1.54, 1.807) is 0 Å². The average Bonchev–Trinajstić information content (AvgIpc) is 3.88. The summed E-state index contributed by atoms with van der Waals surface area (Å²) in [7, 11) is -2.93. The highest BCUT2D eigenvalue weighted by Gasteiger charge is 2.43. The number of hydrogen-bond donors (Lipinski definition) is 0. The Hall–Kier alpha value is -7.98. The van der Waals surface area contributed by atoms with Gasteiger partial charge in [0.1, 0.15) is 0 Å². The monoisotopic (exact) mass is 818 g/mol. The van der Waals surface area contributed by atoms with Gasteiger partial charge in [0.25, 0.3) is 0 Å². The molecule has 0 saturated heterocycles. The Morgan fingerprint density at radius 2 is 0.683 bits per heavy atom. The van der Waals surface area contributed by atoms with Crippen LogP contribution in [-0.4, -0.2) is 17.2 Å². The summed E-state index contributed by atoms with van der Waals surface area (Å²) in [5, 5.41) is 10.4. The molecule has 2 heterocycles. The van der Waals surface area contributed by atoms with E-state index < -0.39 is 8.07 Å². The van der Waals surface area contributed by atoms with Crippen LogP contribution in [-0.2, 0) is 0 Å². The van der Waals surface area contributed by atoms with Crippen molar-refractivity contribution in [1.29, 1.82) is 0 Å². The fourth-order valence-electron chi connectivity index (χ4n) is 10.5. The lowest BCUT2D eigenvalue weighted by atomic mass is 9.95. The smallest absolute Gasteiger partial charge is 0.180 e. The predicted molar refractivity (Wildman–Crippen MR) is 270 cm³/mol. The van der Waals surface area contributed by atoms with E-state index in [0.29, 0.717) is 0 Å². The molecular formula is C60H42N2Si. The van der Waals surface area contributed by atoms with Crippen LogP contribution >= 0.6 is 0 Å². The number of nitrogens with zero attached hydrogens (tertiary/aromatic N) is 2. The second kappa shape index (κ2) is 15.2. The van der Waals surface area contributed by atoms with E-state index in [-0.39, 0.29) is 0 Å². The maximum absolute atomic E-state index is 2.93. The molecule has 12 aromatic rings. The van der Waals surface area contributed by atoms with E-state index in [2.05, 4.69) is 264 Å². The van der Waals surface area contributed by atoms with Crippen molar-refractivity contribution < 1.29 is 0 Å². The lowest BCUT2D eigenvalue weighted by Crippen LogP contribution is -2.75. The molecule has 296 valence electrons. The molecule has 0 aliphatic heterocycles. The lowest BCUT2D eigenvalue weighted by molar-refractivity contribution is 1.17. The second-order valence-corrected chi connectivity index (χ2v) is 20.2. The minimum absolute atomic E-state index is 1.15. The van der Waals surface area contributed by atoms with Crippen molar-refractivity contribution in [2.75, 3.05) is 0 Å². The van der Waals surface area contributed by atoms with Gasteiger partial charge < -0.3 is 9.13 Å². The molecule has 0 saturated carbocycles. The van der Waals surface area contributed by atoms with Crippen LogP contribution in [0.2, 0.25) is 0 Å². The summed E-state index contributed by atoms with van der Waals surface area (Å²) < 4.78 is 4.97. The Balaban J connectivity index is 1.19. The zero-order valence-corrected chi connectivity index (χ0v) is 35.6. The van der Waals surface area contributed by atoms with E-state index in [9.17, 15) is 0 Å². The summed E-state index contributed by atoms with van der Waals surface area (Å²) in [4.78, 5) is 0. The van der Waals surface area contributed by atoms with E-state index in [0.717, 1.165) is 5.69 Å². The molecule has 0 bridgehead atoms. The quantitative estimate of drug-likeness (QED) is 0.107. The van der Waals surface area contributed by atoms with Gasteiger partial charge in [0, 0.05) is 38.4 Å². The van der Waals surface area contributed by atoms with Crippen LogP contribution in [0.25, 0.3) is 77.2 Å². The highest BCUT2D eigenvalue weighted by molar-refractivity contribution is 7.20. The minimum atomic E-state index is -2.93. The van der Waals surface area contributed by atoms with Gasteiger partial charge >= 0.3 is 0 Å². The molecule has 0 aliphatic rings. The largest absolute Gasteiger partial charge is 0.309 e. The van der Waals surface area contributed by atoms with Crippen molar-refractivity contribution >= 4 is 72.4 Å². The molecule has 0 atom stereocenters. The number of para-hydroxylation sites is 4. The van der Waals surface area contributed by atoms with Gasteiger partial charge in [0.2, 0.25) is 0 Å². The molecular weight excluding hydrogens is 777 g/mol. The third-order valence-corrected chi connectivity index (χ3v) is 17.9. The van der Waals surface area contributed by atoms with E-state index >= 15 is 0 Å². The SMILES string of the molecule is c1ccc(-c2cccc(-c3ccccc3[Si](c3ccccc3)(c3ccccc3)c3ccccc3)c2-n2c3ccccc3c3cc(-n4c5ccccc5c5ccccc54)ccc32)cc1. The number of hydrogen-bond acceptors (Lipinski definition) is 0. The third kappa shape index (κ3) is 5.78. The fourth-order valence-corrected chi connectivity index (χ4v) is 15.4. The summed E-state index contributed by atoms with van der Waals surface area (Å²) in [6, 6.07) is 94.4. The predicted octanol–water partition coefficient (Wildman–Crippen LogP) is 12.6. The molecule has 0 amide bonds. The molecule has 2 aromatic heterocycles. The minimum Gasteiger partial charge on any atom is -0.309 e. The number of benzene rings is 10. The van der Waals surface area contributed by atoms with Crippen molar-refractivity contribution in [3.05, 3.63) is 255 Å². The van der Waals surface area contributed by atoms with Gasteiger partial charge in [-0.1, -0.05) is 218 Å². The van der Waals surface area contributed by atoms with E-state index in [1.165, 1.54) is 92.3 Å². The Kier molecular flexibility index (Phi) is 8.87. The van der Waals surface area contributed by atoms with Crippen LogP contribution in [0.1, 0.15) is 0 Å². The number of rotatable bonds is 8. The summed E-state index contributed by atoms with van der Waals surface area (Å²) in [6.07, 6.45) is 0. The Bertz CT molecular complexity index is 3460. The average molecular weight is 819 g/mol.